The fourth-order valence-corrected chi connectivity index (χ4v) is 3.02. The highest BCUT2D eigenvalue weighted by Crippen LogP contribution is 2.33. The van der Waals surface area contributed by atoms with Gasteiger partial charge in [-0.15, -0.1) is 0 Å². The molecule has 1 saturated heterocycles. The maximum atomic E-state index is 11.2. The summed E-state index contributed by atoms with van der Waals surface area (Å²) in [6, 6.07) is 4.46. The van der Waals surface area contributed by atoms with E-state index in [2.05, 4.69) is 0 Å². The average molecular weight is 282 g/mol. The Morgan fingerprint density at radius 1 is 1.37 bits per heavy atom. The number of anilines is 1. The van der Waals surface area contributed by atoms with Crippen LogP contribution in [0.3, 0.4) is 0 Å². The molecule has 0 bridgehead atoms. The zero-order valence-corrected chi connectivity index (χ0v) is 11.1. The Kier molecular flexibility index (Phi) is 4.26. The molecular weight excluding hydrogens is 268 g/mol. The standard InChI is InChI=1S/C12H14N2O4S/c15-12(16)9-3-1-4-10(11(9)14(17)18)13-5-2-7-19-8-6-13/h1,3-4H,2,5-8H2,(H,15,16). The number of thioether (sulfide) groups is 1. The van der Waals surface area contributed by atoms with Crippen molar-refractivity contribution < 1.29 is 14.8 Å². The highest BCUT2D eigenvalue weighted by molar-refractivity contribution is 7.99. The van der Waals surface area contributed by atoms with Gasteiger partial charge >= 0.3 is 11.7 Å². The maximum Gasteiger partial charge on any atom is 0.342 e. The molecule has 1 heterocycles. The number of para-hydroxylation sites is 1. The molecule has 7 heteroatoms. The summed E-state index contributed by atoms with van der Waals surface area (Å²) in [5.41, 5.74) is -0.145. The number of nitro groups is 1. The Balaban J connectivity index is 2.46. The monoisotopic (exact) mass is 282 g/mol. The summed E-state index contributed by atoms with van der Waals surface area (Å²) in [7, 11) is 0. The lowest BCUT2D eigenvalue weighted by Gasteiger charge is -2.22. The molecule has 0 atom stereocenters. The minimum Gasteiger partial charge on any atom is -0.477 e. The number of hydrogen-bond donors (Lipinski definition) is 1. The lowest BCUT2D eigenvalue weighted by atomic mass is 10.1. The molecule has 19 heavy (non-hydrogen) atoms. The van der Waals surface area contributed by atoms with Crippen LogP contribution in [0.2, 0.25) is 0 Å². The van der Waals surface area contributed by atoms with Crippen molar-refractivity contribution >= 4 is 29.1 Å². The van der Waals surface area contributed by atoms with Crippen molar-refractivity contribution in [3.05, 3.63) is 33.9 Å². The van der Waals surface area contributed by atoms with E-state index < -0.39 is 10.9 Å². The van der Waals surface area contributed by atoms with Crippen molar-refractivity contribution in [3.8, 4) is 0 Å². The predicted octanol–water partition coefficient (Wildman–Crippen LogP) is 2.24. The van der Waals surface area contributed by atoms with Crippen LogP contribution in [0.5, 0.6) is 0 Å². The molecule has 0 saturated carbocycles. The molecule has 0 aromatic heterocycles. The van der Waals surface area contributed by atoms with Crippen LogP contribution in [0.15, 0.2) is 18.2 Å². The van der Waals surface area contributed by atoms with Crippen molar-refractivity contribution in [2.75, 3.05) is 29.5 Å². The highest BCUT2D eigenvalue weighted by atomic mass is 32.2. The van der Waals surface area contributed by atoms with Crippen molar-refractivity contribution in [1.82, 2.24) is 0 Å². The molecule has 1 aliphatic rings. The third-order valence-corrected chi connectivity index (χ3v) is 4.04. The molecule has 1 N–H and O–H groups in total. The first-order chi connectivity index (χ1) is 9.11. The van der Waals surface area contributed by atoms with E-state index in [4.69, 9.17) is 5.11 Å². The van der Waals surface area contributed by atoms with E-state index in [-0.39, 0.29) is 11.3 Å². The fourth-order valence-electron chi connectivity index (χ4n) is 2.14. The van der Waals surface area contributed by atoms with Gasteiger partial charge in [-0.3, -0.25) is 10.1 Å². The summed E-state index contributed by atoms with van der Waals surface area (Å²) in [4.78, 5) is 23.6. The molecule has 0 aliphatic carbocycles. The van der Waals surface area contributed by atoms with Crippen LogP contribution in [0.25, 0.3) is 0 Å². The van der Waals surface area contributed by atoms with Crippen LogP contribution < -0.4 is 4.90 Å². The Morgan fingerprint density at radius 2 is 2.16 bits per heavy atom. The lowest BCUT2D eigenvalue weighted by Crippen LogP contribution is -2.26. The molecular formula is C12H14N2O4S. The largest absolute Gasteiger partial charge is 0.477 e. The molecule has 1 aliphatic heterocycles. The van der Waals surface area contributed by atoms with Gasteiger partial charge in [0.05, 0.1) is 4.92 Å². The first-order valence-corrected chi connectivity index (χ1v) is 7.10. The van der Waals surface area contributed by atoms with Gasteiger partial charge in [0, 0.05) is 18.8 Å². The van der Waals surface area contributed by atoms with Crippen LogP contribution in [0.1, 0.15) is 16.8 Å². The first kappa shape index (κ1) is 13.7. The third kappa shape index (κ3) is 2.98. The SMILES string of the molecule is O=C(O)c1cccc(N2CCCSCC2)c1[N+](=O)[O-]. The number of aromatic carboxylic acids is 1. The molecule has 1 aromatic rings. The highest BCUT2D eigenvalue weighted by Gasteiger charge is 2.27. The number of carbonyl (C=O) groups is 1. The van der Waals surface area contributed by atoms with Gasteiger partial charge in [0.2, 0.25) is 0 Å². The van der Waals surface area contributed by atoms with Crippen molar-refractivity contribution in [1.29, 1.82) is 0 Å². The number of nitrogens with zero attached hydrogens (tertiary/aromatic N) is 2. The van der Waals surface area contributed by atoms with Crippen LogP contribution >= 0.6 is 11.8 Å². The first-order valence-electron chi connectivity index (χ1n) is 5.94. The minimum atomic E-state index is -1.27. The summed E-state index contributed by atoms with van der Waals surface area (Å²) in [5.74, 6) is 0.662. The minimum absolute atomic E-state index is 0.251. The van der Waals surface area contributed by atoms with E-state index in [0.29, 0.717) is 12.2 Å². The Labute approximate surface area is 114 Å². The van der Waals surface area contributed by atoms with Crippen LogP contribution in [-0.2, 0) is 0 Å². The van der Waals surface area contributed by atoms with Gasteiger partial charge in [0.1, 0.15) is 11.3 Å². The molecule has 0 unspecified atom stereocenters. The van der Waals surface area contributed by atoms with E-state index in [1.807, 2.05) is 16.7 Å². The van der Waals surface area contributed by atoms with E-state index in [9.17, 15) is 14.9 Å². The van der Waals surface area contributed by atoms with E-state index in [1.54, 1.807) is 12.1 Å². The molecule has 0 radical (unpaired) electrons. The van der Waals surface area contributed by atoms with Gasteiger partial charge < -0.3 is 10.0 Å². The zero-order chi connectivity index (χ0) is 13.8. The van der Waals surface area contributed by atoms with Gasteiger partial charge in [-0.1, -0.05) is 6.07 Å². The summed E-state index contributed by atoms with van der Waals surface area (Å²) >= 11 is 1.81. The second kappa shape index (κ2) is 5.92. The van der Waals surface area contributed by atoms with Crippen LogP contribution in [-0.4, -0.2) is 40.6 Å². The summed E-state index contributed by atoms with van der Waals surface area (Å²) in [6.07, 6.45) is 0.944. The number of carboxylic acid groups (broad SMARTS) is 1. The van der Waals surface area contributed by atoms with Gasteiger partial charge in [-0.25, -0.2) is 4.79 Å². The van der Waals surface area contributed by atoms with Crippen LogP contribution in [0.4, 0.5) is 11.4 Å². The number of hydrogen-bond acceptors (Lipinski definition) is 5. The molecule has 1 aromatic carbocycles. The number of rotatable bonds is 3. The Morgan fingerprint density at radius 3 is 2.84 bits per heavy atom. The van der Waals surface area contributed by atoms with Gasteiger partial charge in [-0.2, -0.15) is 11.8 Å². The Bertz CT molecular complexity index is 499. The van der Waals surface area contributed by atoms with E-state index >= 15 is 0 Å². The second-order valence-electron chi connectivity index (χ2n) is 4.19. The quantitative estimate of drug-likeness (QED) is 0.676. The second-order valence-corrected chi connectivity index (χ2v) is 5.41. The van der Waals surface area contributed by atoms with Crippen molar-refractivity contribution in [3.63, 3.8) is 0 Å². The van der Waals surface area contributed by atoms with E-state index in [0.717, 1.165) is 24.5 Å². The average Bonchev–Trinajstić information content (AvgIpc) is 2.66. The van der Waals surface area contributed by atoms with Crippen molar-refractivity contribution in [2.45, 2.75) is 6.42 Å². The van der Waals surface area contributed by atoms with Crippen LogP contribution in [0, 0.1) is 10.1 Å². The summed E-state index contributed by atoms with van der Waals surface area (Å²) in [6.45, 7) is 1.42. The molecule has 0 spiro atoms. The fraction of sp³-hybridized carbons (Fsp3) is 0.417. The summed E-state index contributed by atoms with van der Waals surface area (Å²) < 4.78 is 0. The van der Waals surface area contributed by atoms with Gasteiger partial charge in [0.25, 0.3) is 0 Å². The number of carboxylic acids is 1. The zero-order valence-electron chi connectivity index (χ0n) is 10.2. The maximum absolute atomic E-state index is 11.2. The molecule has 2 rings (SSSR count). The number of nitro benzene ring substituents is 1. The van der Waals surface area contributed by atoms with E-state index in [1.165, 1.54) is 6.07 Å². The lowest BCUT2D eigenvalue weighted by molar-refractivity contribution is -0.384. The predicted molar refractivity (Wildman–Crippen MR) is 74.2 cm³/mol. The smallest absolute Gasteiger partial charge is 0.342 e. The molecule has 6 nitrogen and oxygen atoms in total. The third-order valence-electron chi connectivity index (χ3n) is 2.99. The topological polar surface area (TPSA) is 83.7 Å². The molecule has 102 valence electrons. The summed E-state index contributed by atoms with van der Waals surface area (Å²) in [5, 5.41) is 20.3. The normalized spacial score (nSPS) is 15.9. The van der Waals surface area contributed by atoms with Crippen molar-refractivity contribution in [2.24, 2.45) is 0 Å². The molecule has 1 fully saturated rings. The molecule has 0 amide bonds. The Hall–Kier alpha value is -1.76. The van der Waals surface area contributed by atoms with Gasteiger partial charge in [0.15, 0.2) is 0 Å². The van der Waals surface area contributed by atoms with Gasteiger partial charge in [-0.05, 0) is 24.3 Å². The number of benzene rings is 1.